The highest BCUT2D eigenvalue weighted by atomic mass is 19.1. The number of rotatable bonds is 4. The Morgan fingerprint density at radius 3 is 2.86 bits per heavy atom. The Morgan fingerprint density at radius 1 is 1.36 bits per heavy atom. The van der Waals surface area contributed by atoms with Gasteiger partial charge in [-0.2, -0.15) is 0 Å². The van der Waals surface area contributed by atoms with Gasteiger partial charge in [0.25, 0.3) is 11.5 Å². The molecule has 2 aliphatic rings. The van der Waals surface area contributed by atoms with Gasteiger partial charge in [-0.25, -0.2) is 4.39 Å². The number of aryl methyl sites for hydroxylation is 1. The fourth-order valence-electron chi connectivity index (χ4n) is 4.24. The van der Waals surface area contributed by atoms with Crippen molar-refractivity contribution in [3.05, 3.63) is 39.4 Å². The lowest BCUT2D eigenvalue weighted by atomic mass is 9.95. The van der Waals surface area contributed by atoms with Gasteiger partial charge in [0.05, 0.1) is 5.52 Å². The SMILES string of the molecule is C[C@@H]1CCc2cc(F)cc3c(O)c(C(=O)NCCN4CCNCC4)c(=O)n1c23. The monoisotopic (exact) mass is 388 g/mol. The Hall–Kier alpha value is -2.45. The molecular formula is C20H25FN4O3. The van der Waals surface area contributed by atoms with Gasteiger partial charge in [0.1, 0.15) is 17.1 Å². The van der Waals surface area contributed by atoms with Crippen LogP contribution in [0.1, 0.15) is 35.3 Å². The van der Waals surface area contributed by atoms with E-state index in [1.165, 1.54) is 16.7 Å². The number of carbonyl (C=O) groups is 1. The minimum Gasteiger partial charge on any atom is -0.506 e. The minimum absolute atomic E-state index is 0.124. The summed E-state index contributed by atoms with van der Waals surface area (Å²) in [6.45, 7) is 6.58. The fraction of sp³-hybridized carbons (Fsp3) is 0.500. The maximum Gasteiger partial charge on any atom is 0.267 e. The summed E-state index contributed by atoms with van der Waals surface area (Å²) in [4.78, 5) is 28.0. The van der Waals surface area contributed by atoms with Crippen LogP contribution in [0.15, 0.2) is 16.9 Å². The summed E-state index contributed by atoms with van der Waals surface area (Å²) in [7, 11) is 0. The van der Waals surface area contributed by atoms with E-state index in [1.54, 1.807) is 0 Å². The van der Waals surface area contributed by atoms with Crippen LogP contribution in [0.25, 0.3) is 10.9 Å². The smallest absolute Gasteiger partial charge is 0.267 e. The molecular weight excluding hydrogens is 363 g/mol. The molecule has 0 bridgehead atoms. The van der Waals surface area contributed by atoms with Crippen molar-refractivity contribution in [3.8, 4) is 5.75 Å². The summed E-state index contributed by atoms with van der Waals surface area (Å²) in [5.74, 6) is -1.54. The quantitative estimate of drug-likeness (QED) is 0.727. The van der Waals surface area contributed by atoms with E-state index in [4.69, 9.17) is 0 Å². The number of halogens is 1. The predicted molar refractivity (Wildman–Crippen MR) is 105 cm³/mol. The van der Waals surface area contributed by atoms with Crippen LogP contribution in [-0.4, -0.2) is 59.7 Å². The molecule has 150 valence electrons. The molecule has 2 aromatic rings. The third kappa shape index (κ3) is 3.27. The first-order valence-electron chi connectivity index (χ1n) is 9.78. The maximum absolute atomic E-state index is 14.0. The van der Waals surface area contributed by atoms with Crippen molar-refractivity contribution in [2.45, 2.75) is 25.8 Å². The van der Waals surface area contributed by atoms with E-state index in [2.05, 4.69) is 15.5 Å². The molecule has 4 rings (SSSR count). The van der Waals surface area contributed by atoms with Gasteiger partial charge in [-0.05, 0) is 37.5 Å². The molecule has 0 radical (unpaired) electrons. The van der Waals surface area contributed by atoms with E-state index in [9.17, 15) is 19.1 Å². The highest BCUT2D eigenvalue weighted by molar-refractivity contribution is 6.03. The lowest BCUT2D eigenvalue weighted by Crippen LogP contribution is -2.46. The van der Waals surface area contributed by atoms with Crippen LogP contribution in [0.3, 0.4) is 0 Å². The van der Waals surface area contributed by atoms with Crippen LogP contribution in [-0.2, 0) is 6.42 Å². The lowest BCUT2D eigenvalue weighted by molar-refractivity contribution is 0.0942. The second kappa shape index (κ2) is 7.52. The van der Waals surface area contributed by atoms with Crippen molar-refractivity contribution in [3.63, 3.8) is 0 Å². The van der Waals surface area contributed by atoms with Crippen LogP contribution in [0.4, 0.5) is 4.39 Å². The molecule has 2 aliphatic heterocycles. The minimum atomic E-state index is -0.619. The van der Waals surface area contributed by atoms with Crippen LogP contribution in [0.2, 0.25) is 0 Å². The van der Waals surface area contributed by atoms with Gasteiger partial charge in [0, 0.05) is 50.7 Å². The van der Waals surface area contributed by atoms with Crippen molar-refractivity contribution < 1.29 is 14.3 Å². The average Bonchev–Trinajstić information content (AvgIpc) is 2.67. The molecule has 0 aliphatic carbocycles. The van der Waals surface area contributed by atoms with Crippen LogP contribution in [0, 0.1) is 5.82 Å². The van der Waals surface area contributed by atoms with Gasteiger partial charge in [0.15, 0.2) is 0 Å². The van der Waals surface area contributed by atoms with Gasteiger partial charge >= 0.3 is 0 Å². The molecule has 1 atom stereocenters. The second-order valence-corrected chi connectivity index (χ2v) is 7.60. The number of aromatic hydroxyl groups is 1. The van der Waals surface area contributed by atoms with E-state index in [1.807, 2.05) is 6.92 Å². The standard InChI is InChI=1S/C20H25FN4O3/c1-12-2-3-13-10-14(21)11-15-17(13)25(12)20(28)16(18(15)26)19(27)23-6-9-24-7-4-22-5-8-24/h10-12,22,26H,2-9H2,1H3,(H,23,27)/t12-/m1/s1. The van der Waals surface area contributed by atoms with Crippen molar-refractivity contribution in [2.75, 3.05) is 39.3 Å². The van der Waals surface area contributed by atoms with E-state index < -0.39 is 23.0 Å². The maximum atomic E-state index is 14.0. The van der Waals surface area contributed by atoms with Crippen LogP contribution in [0.5, 0.6) is 5.75 Å². The summed E-state index contributed by atoms with van der Waals surface area (Å²) >= 11 is 0. The molecule has 1 aromatic heterocycles. The summed E-state index contributed by atoms with van der Waals surface area (Å²) < 4.78 is 15.6. The predicted octanol–water partition coefficient (Wildman–Crippen LogP) is 0.988. The molecule has 1 saturated heterocycles. The van der Waals surface area contributed by atoms with Crippen molar-refractivity contribution in [1.29, 1.82) is 0 Å². The number of hydrogen-bond acceptors (Lipinski definition) is 5. The van der Waals surface area contributed by atoms with E-state index in [-0.39, 0.29) is 17.0 Å². The largest absolute Gasteiger partial charge is 0.506 e. The second-order valence-electron chi connectivity index (χ2n) is 7.60. The first-order valence-corrected chi connectivity index (χ1v) is 9.78. The molecule has 3 N–H and O–H groups in total. The first-order chi connectivity index (χ1) is 13.5. The molecule has 3 heterocycles. The number of pyridine rings is 1. The van der Waals surface area contributed by atoms with Gasteiger partial charge in [-0.1, -0.05) is 0 Å². The summed E-state index contributed by atoms with van der Waals surface area (Å²) in [6.07, 6.45) is 1.31. The third-order valence-corrected chi connectivity index (χ3v) is 5.74. The summed E-state index contributed by atoms with van der Waals surface area (Å²) in [5, 5.41) is 16.9. The summed E-state index contributed by atoms with van der Waals surface area (Å²) in [5.41, 5.74) is 0.383. The highest BCUT2D eigenvalue weighted by Crippen LogP contribution is 2.35. The van der Waals surface area contributed by atoms with Crippen molar-refractivity contribution in [1.82, 2.24) is 20.1 Å². The zero-order valence-electron chi connectivity index (χ0n) is 15.9. The van der Waals surface area contributed by atoms with Gasteiger partial charge in [-0.3, -0.25) is 14.5 Å². The Labute approximate surface area is 162 Å². The molecule has 8 heteroatoms. The Bertz CT molecular complexity index is 982. The molecule has 28 heavy (non-hydrogen) atoms. The Balaban J connectivity index is 1.67. The molecule has 7 nitrogen and oxygen atoms in total. The van der Waals surface area contributed by atoms with E-state index in [0.29, 0.717) is 37.0 Å². The molecule has 1 fully saturated rings. The van der Waals surface area contributed by atoms with Crippen LogP contribution >= 0.6 is 0 Å². The topological polar surface area (TPSA) is 86.6 Å². The van der Waals surface area contributed by atoms with Gasteiger partial charge < -0.3 is 20.3 Å². The third-order valence-electron chi connectivity index (χ3n) is 5.74. The lowest BCUT2D eigenvalue weighted by Gasteiger charge is -2.27. The Kier molecular flexibility index (Phi) is 5.07. The van der Waals surface area contributed by atoms with E-state index in [0.717, 1.165) is 26.2 Å². The molecule has 1 amide bonds. The normalized spacial score (nSPS) is 19.7. The average molecular weight is 388 g/mol. The van der Waals surface area contributed by atoms with E-state index >= 15 is 0 Å². The molecule has 0 saturated carbocycles. The van der Waals surface area contributed by atoms with Crippen LogP contribution < -0.4 is 16.2 Å². The van der Waals surface area contributed by atoms with Gasteiger partial charge in [0.2, 0.25) is 0 Å². The Morgan fingerprint density at radius 2 is 2.11 bits per heavy atom. The number of nitrogens with one attached hydrogen (secondary N) is 2. The van der Waals surface area contributed by atoms with Crippen molar-refractivity contribution in [2.24, 2.45) is 0 Å². The molecule has 0 unspecified atom stereocenters. The van der Waals surface area contributed by atoms with Crippen molar-refractivity contribution >= 4 is 16.8 Å². The number of benzene rings is 1. The molecule has 0 spiro atoms. The zero-order valence-corrected chi connectivity index (χ0v) is 15.9. The first kappa shape index (κ1) is 18.9. The van der Waals surface area contributed by atoms with Gasteiger partial charge in [-0.15, -0.1) is 0 Å². The number of piperazine rings is 1. The number of hydrogen-bond donors (Lipinski definition) is 3. The zero-order chi connectivity index (χ0) is 19.8. The number of aromatic nitrogens is 1. The highest BCUT2D eigenvalue weighted by Gasteiger charge is 2.28. The molecule has 1 aromatic carbocycles. The number of amides is 1. The number of carbonyl (C=O) groups excluding carboxylic acids is 1. The fourth-order valence-corrected chi connectivity index (χ4v) is 4.24. The summed E-state index contributed by atoms with van der Waals surface area (Å²) in [6, 6.07) is 2.47. The number of nitrogens with zero attached hydrogens (tertiary/aromatic N) is 2.